The summed E-state index contributed by atoms with van der Waals surface area (Å²) in [6.07, 6.45) is 0.259. The van der Waals surface area contributed by atoms with Crippen LogP contribution in [-0.4, -0.2) is 46.1 Å². The van der Waals surface area contributed by atoms with Crippen molar-refractivity contribution in [2.75, 3.05) is 18.1 Å². The zero-order chi connectivity index (χ0) is 9.84. The molecule has 76 valence electrons. The normalized spacial score (nSPS) is 27.1. The number of carboxylic acids is 1. The minimum atomic E-state index is -0.696. The third-order valence-electron chi connectivity index (χ3n) is 2.46. The lowest BCUT2D eigenvalue weighted by Crippen LogP contribution is -2.46. The highest BCUT2D eigenvalue weighted by atomic mass is 32.2. The van der Waals surface area contributed by atoms with E-state index in [1.807, 2.05) is 18.7 Å². The number of hydrogen-bond acceptors (Lipinski definition) is 3. The fourth-order valence-corrected chi connectivity index (χ4v) is 2.80. The lowest BCUT2D eigenvalue weighted by molar-refractivity contribution is -0.138. The van der Waals surface area contributed by atoms with Crippen LogP contribution in [-0.2, 0) is 4.79 Å². The van der Waals surface area contributed by atoms with E-state index in [-0.39, 0.29) is 12.5 Å². The molecule has 0 spiro atoms. The Labute approximate surface area is 83.5 Å². The second kappa shape index (κ2) is 4.86. The van der Waals surface area contributed by atoms with Crippen LogP contribution in [0.3, 0.4) is 0 Å². The van der Waals surface area contributed by atoms with E-state index < -0.39 is 5.97 Å². The molecule has 3 nitrogen and oxygen atoms in total. The molecule has 4 heteroatoms. The summed E-state index contributed by atoms with van der Waals surface area (Å²) in [6.45, 7) is 5.20. The first kappa shape index (κ1) is 10.9. The van der Waals surface area contributed by atoms with Crippen molar-refractivity contribution in [3.05, 3.63) is 0 Å². The molecule has 1 fully saturated rings. The highest BCUT2D eigenvalue weighted by Gasteiger charge is 2.24. The van der Waals surface area contributed by atoms with Gasteiger partial charge in [-0.1, -0.05) is 0 Å². The highest BCUT2D eigenvalue weighted by molar-refractivity contribution is 7.99. The zero-order valence-electron chi connectivity index (χ0n) is 8.19. The Morgan fingerprint density at radius 3 is 3.00 bits per heavy atom. The lowest BCUT2D eigenvalue weighted by atomic mass is 10.1. The first-order chi connectivity index (χ1) is 6.11. The predicted octanol–water partition coefficient (Wildman–Crippen LogP) is 1.29. The predicted molar refractivity (Wildman–Crippen MR) is 55.2 cm³/mol. The third kappa shape index (κ3) is 3.19. The van der Waals surface area contributed by atoms with Crippen LogP contribution >= 0.6 is 11.8 Å². The van der Waals surface area contributed by atoms with E-state index in [2.05, 4.69) is 11.8 Å². The van der Waals surface area contributed by atoms with Crippen LogP contribution in [0.15, 0.2) is 0 Å². The average molecular weight is 203 g/mol. The van der Waals surface area contributed by atoms with Gasteiger partial charge in [0, 0.05) is 30.1 Å². The molecule has 1 aliphatic heterocycles. The molecule has 1 aliphatic rings. The molecule has 13 heavy (non-hydrogen) atoms. The molecule has 1 heterocycles. The lowest BCUT2D eigenvalue weighted by Gasteiger charge is -2.37. The van der Waals surface area contributed by atoms with Gasteiger partial charge >= 0.3 is 5.97 Å². The van der Waals surface area contributed by atoms with E-state index in [9.17, 15) is 4.79 Å². The second-order valence-electron chi connectivity index (χ2n) is 3.61. The van der Waals surface area contributed by atoms with Crippen LogP contribution in [0, 0.1) is 0 Å². The molecule has 0 aromatic heterocycles. The smallest absolute Gasteiger partial charge is 0.304 e. The Balaban J connectivity index is 2.43. The topological polar surface area (TPSA) is 40.5 Å². The Hall–Kier alpha value is -0.220. The molecule has 0 aliphatic carbocycles. The molecular formula is C9H17NO2S. The average Bonchev–Trinajstić information content (AvgIpc) is 2.03. The Morgan fingerprint density at radius 2 is 2.46 bits per heavy atom. The van der Waals surface area contributed by atoms with Crippen molar-refractivity contribution in [2.24, 2.45) is 0 Å². The maximum atomic E-state index is 10.5. The van der Waals surface area contributed by atoms with Crippen LogP contribution in [0.2, 0.25) is 0 Å². The molecule has 0 bridgehead atoms. The van der Waals surface area contributed by atoms with Crippen LogP contribution in [0.1, 0.15) is 20.3 Å². The van der Waals surface area contributed by atoms with E-state index >= 15 is 0 Å². The number of nitrogens with zero attached hydrogens (tertiary/aromatic N) is 1. The summed E-state index contributed by atoms with van der Waals surface area (Å²) in [5.74, 6) is 1.57. The van der Waals surface area contributed by atoms with E-state index in [1.54, 1.807) is 0 Å². The molecule has 1 saturated heterocycles. The maximum absolute atomic E-state index is 10.5. The number of hydrogen-bond donors (Lipinski definition) is 1. The van der Waals surface area contributed by atoms with Crippen LogP contribution < -0.4 is 0 Å². The van der Waals surface area contributed by atoms with Gasteiger partial charge in [-0.3, -0.25) is 9.69 Å². The van der Waals surface area contributed by atoms with Crippen molar-refractivity contribution in [1.82, 2.24) is 4.90 Å². The fraction of sp³-hybridized carbons (Fsp3) is 0.889. The molecule has 1 N–H and O–H groups in total. The number of carboxylic acid groups (broad SMARTS) is 1. The standard InChI is InChI=1S/C9H17NO2S/c1-7(5-9(11)12)10-3-4-13-6-8(10)2/h7-8H,3-6H2,1-2H3,(H,11,12). The quantitative estimate of drug-likeness (QED) is 0.750. The van der Waals surface area contributed by atoms with E-state index in [0.717, 1.165) is 18.1 Å². The zero-order valence-corrected chi connectivity index (χ0v) is 9.01. The van der Waals surface area contributed by atoms with Gasteiger partial charge in [0.15, 0.2) is 0 Å². The van der Waals surface area contributed by atoms with Crippen LogP contribution in [0.4, 0.5) is 0 Å². The maximum Gasteiger partial charge on any atom is 0.304 e. The van der Waals surface area contributed by atoms with Gasteiger partial charge < -0.3 is 5.11 Å². The summed E-state index contributed by atoms with van der Waals surface area (Å²) in [4.78, 5) is 12.8. The Bertz CT molecular complexity index is 186. The van der Waals surface area contributed by atoms with Crippen molar-refractivity contribution < 1.29 is 9.90 Å². The largest absolute Gasteiger partial charge is 0.481 e. The molecule has 0 saturated carbocycles. The van der Waals surface area contributed by atoms with E-state index in [4.69, 9.17) is 5.11 Å². The number of rotatable bonds is 3. The Morgan fingerprint density at radius 1 is 1.77 bits per heavy atom. The van der Waals surface area contributed by atoms with Gasteiger partial charge in [0.05, 0.1) is 6.42 Å². The van der Waals surface area contributed by atoms with Gasteiger partial charge in [0.25, 0.3) is 0 Å². The molecular weight excluding hydrogens is 186 g/mol. The fourth-order valence-electron chi connectivity index (χ4n) is 1.76. The first-order valence-electron chi connectivity index (χ1n) is 4.66. The first-order valence-corrected chi connectivity index (χ1v) is 5.82. The highest BCUT2D eigenvalue weighted by Crippen LogP contribution is 2.19. The molecule has 0 radical (unpaired) electrons. The van der Waals surface area contributed by atoms with Crippen molar-refractivity contribution in [3.8, 4) is 0 Å². The van der Waals surface area contributed by atoms with Crippen LogP contribution in [0.25, 0.3) is 0 Å². The molecule has 2 unspecified atom stereocenters. The van der Waals surface area contributed by atoms with Crippen molar-refractivity contribution >= 4 is 17.7 Å². The van der Waals surface area contributed by atoms with Crippen molar-refractivity contribution in [3.63, 3.8) is 0 Å². The summed E-state index contributed by atoms with van der Waals surface area (Å²) in [5.41, 5.74) is 0. The second-order valence-corrected chi connectivity index (χ2v) is 4.76. The number of aliphatic carboxylic acids is 1. The minimum Gasteiger partial charge on any atom is -0.481 e. The summed E-state index contributed by atoms with van der Waals surface area (Å²) < 4.78 is 0. The van der Waals surface area contributed by atoms with Gasteiger partial charge in [-0.05, 0) is 13.8 Å². The monoisotopic (exact) mass is 203 g/mol. The summed E-state index contributed by atoms with van der Waals surface area (Å²) >= 11 is 1.95. The Kier molecular flexibility index (Phi) is 4.06. The molecule has 1 rings (SSSR count). The van der Waals surface area contributed by atoms with Gasteiger partial charge in [-0.2, -0.15) is 11.8 Å². The van der Waals surface area contributed by atoms with Crippen molar-refractivity contribution in [1.29, 1.82) is 0 Å². The minimum absolute atomic E-state index is 0.174. The van der Waals surface area contributed by atoms with Gasteiger partial charge in [0.2, 0.25) is 0 Å². The van der Waals surface area contributed by atoms with E-state index in [0.29, 0.717) is 6.04 Å². The van der Waals surface area contributed by atoms with Gasteiger partial charge in [-0.15, -0.1) is 0 Å². The summed E-state index contributed by atoms with van der Waals surface area (Å²) in [6, 6.07) is 0.696. The molecule has 0 aromatic carbocycles. The number of carbonyl (C=O) groups is 1. The third-order valence-corrected chi connectivity index (χ3v) is 3.64. The van der Waals surface area contributed by atoms with Crippen molar-refractivity contribution in [2.45, 2.75) is 32.4 Å². The molecule has 0 aromatic rings. The molecule has 0 amide bonds. The van der Waals surface area contributed by atoms with Gasteiger partial charge in [-0.25, -0.2) is 0 Å². The molecule has 2 atom stereocenters. The van der Waals surface area contributed by atoms with Crippen LogP contribution in [0.5, 0.6) is 0 Å². The SMILES string of the molecule is CC1CSCCN1C(C)CC(=O)O. The van der Waals surface area contributed by atoms with Gasteiger partial charge in [0.1, 0.15) is 0 Å². The summed E-state index contributed by atoms with van der Waals surface area (Å²) in [7, 11) is 0. The van der Waals surface area contributed by atoms with E-state index in [1.165, 1.54) is 0 Å². The summed E-state index contributed by atoms with van der Waals surface area (Å²) in [5, 5.41) is 8.67. The number of thioether (sulfide) groups is 1.